The molecule has 3 aromatic rings. The second kappa shape index (κ2) is 7.71. The maximum absolute atomic E-state index is 5.32. The van der Waals surface area contributed by atoms with E-state index in [1.165, 1.54) is 0 Å². The number of nitrogens with zero attached hydrogens (tertiary/aromatic N) is 4. The first-order valence-corrected chi connectivity index (χ1v) is 9.42. The van der Waals surface area contributed by atoms with Crippen molar-refractivity contribution in [1.29, 1.82) is 0 Å². The van der Waals surface area contributed by atoms with Crippen molar-refractivity contribution in [2.75, 3.05) is 25.3 Å². The fourth-order valence-electron chi connectivity index (χ4n) is 2.74. The van der Waals surface area contributed by atoms with Gasteiger partial charge in [0.25, 0.3) is 0 Å². The molecule has 1 N–H and O–H groups in total. The van der Waals surface area contributed by atoms with Crippen molar-refractivity contribution in [3.05, 3.63) is 59.9 Å². The fourth-order valence-corrected chi connectivity index (χ4v) is 3.59. The number of ether oxygens (including phenoxy) is 2. The summed E-state index contributed by atoms with van der Waals surface area (Å²) in [5.74, 6) is 3.11. The molecule has 0 aliphatic carbocycles. The molecule has 4 rings (SSSR count). The lowest BCUT2D eigenvalue weighted by molar-refractivity contribution is 0.414. The van der Waals surface area contributed by atoms with E-state index >= 15 is 0 Å². The summed E-state index contributed by atoms with van der Waals surface area (Å²) in [5.41, 5.74) is 2.95. The fraction of sp³-hybridized carbons (Fsp3) is 0.211. The standard InChI is InChI=1S/C19H19N5O2S/c1-25-15-7-3-5-13(9-15)17-12-27-19-22-21-18(24(19)23-17)11-20-14-6-4-8-16(10-14)26-2/h3-10,20H,11-12H2,1-2H3. The van der Waals surface area contributed by atoms with E-state index in [1.807, 2.05) is 48.5 Å². The maximum Gasteiger partial charge on any atom is 0.212 e. The Labute approximate surface area is 161 Å². The van der Waals surface area contributed by atoms with Crippen molar-refractivity contribution in [3.8, 4) is 11.5 Å². The molecule has 7 nitrogen and oxygen atoms in total. The van der Waals surface area contributed by atoms with Gasteiger partial charge in [-0.05, 0) is 24.3 Å². The Kier molecular flexibility index (Phi) is 4.97. The minimum absolute atomic E-state index is 0.510. The van der Waals surface area contributed by atoms with Crippen molar-refractivity contribution in [2.24, 2.45) is 5.10 Å². The predicted molar refractivity (Wildman–Crippen MR) is 106 cm³/mol. The van der Waals surface area contributed by atoms with Crippen LogP contribution in [0.25, 0.3) is 0 Å². The van der Waals surface area contributed by atoms with Crippen molar-refractivity contribution in [3.63, 3.8) is 0 Å². The lowest BCUT2D eigenvalue weighted by Crippen LogP contribution is -2.16. The van der Waals surface area contributed by atoms with Gasteiger partial charge >= 0.3 is 0 Å². The zero-order valence-corrected chi connectivity index (χ0v) is 15.9. The molecule has 0 atom stereocenters. The van der Waals surface area contributed by atoms with Gasteiger partial charge < -0.3 is 14.8 Å². The van der Waals surface area contributed by atoms with Crippen molar-refractivity contribution in [2.45, 2.75) is 11.7 Å². The van der Waals surface area contributed by atoms with Gasteiger partial charge in [0.1, 0.15) is 11.5 Å². The van der Waals surface area contributed by atoms with E-state index in [9.17, 15) is 0 Å². The summed E-state index contributed by atoms with van der Waals surface area (Å²) in [4.78, 5) is 0. The van der Waals surface area contributed by atoms with Gasteiger partial charge in [-0.25, -0.2) is 0 Å². The second-order valence-corrected chi connectivity index (χ2v) is 6.81. The van der Waals surface area contributed by atoms with E-state index in [0.717, 1.165) is 45.2 Å². The quantitative estimate of drug-likeness (QED) is 0.706. The van der Waals surface area contributed by atoms with Crippen LogP contribution in [-0.2, 0) is 6.54 Å². The van der Waals surface area contributed by atoms with Crippen LogP contribution in [0.2, 0.25) is 0 Å². The van der Waals surface area contributed by atoms with Crippen LogP contribution in [0.15, 0.2) is 58.8 Å². The van der Waals surface area contributed by atoms with Gasteiger partial charge in [0, 0.05) is 23.1 Å². The number of nitrogens with one attached hydrogen (secondary N) is 1. The third kappa shape index (κ3) is 3.75. The van der Waals surface area contributed by atoms with Crippen LogP contribution in [0, 0.1) is 0 Å². The third-order valence-corrected chi connectivity index (χ3v) is 5.09. The molecular formula is C19H19N5O2S. The Morgan fingerprint density at radius 1 is 1.04 bits per heavy atom. The van der Waals surface area contributed by atoms with E-state index in [1.54, 1.807) is 30.7 Å². The average molecular weight is 381 g/mol. The lowest BCUT2D eigenvalue weighted by atomic mass is 10.1. The average Bonchev–Trinajstić information content (AvgIpc) is 3.14. The smallest absolute Gasteiger partial charge is 0.212 e. The second-order valence-electron chi connectivity index (χ2n) is 5.86. The topological polar surface area (TPSA) is 73.6 Å². The summed E-state index contributed by atoms with van der Waals surface area (Å²) in [6.07, 6.45) is 0. The van der Waals surface area contributed by atoms with Crippen LogP contribution in [0.1, 0.15) is 11.4 Å². The minimum atomic E-state index is 0.510. The Bertz CT molecular complexity index is 986. The van der Waals surface area contributed by atoms with Crippen LogP contribution >= 0.6 is 11.8 Å². The Balaban J connectivity index is 1.56. The lowest BCUT2D eigenvalue weighted by Gasteiger charge is -2.15. The number of aromatic nitrogens is 3. The van der Waals surface area contributed by atoms with Crippen molar-refractivity contribution >= 4 is 23.2 Å². The molecule has 0 saturated heterocycles. The summed E-state index contributed by atoms with van der Waals surface area (Å²) < 4.78 is 12.4. The molecule has 0 unspecified atom stereocenters. The molecule has 0 fully saturated rings. The van der Waals surface area contributed by atoms with Gasteiger partial charge in [-0.3, -0.25) is 0 Å². The van der Waals surface area contributed by atoms with E-state index < -0.39 is 0 Å². The van der Waals surface area contributed by atoms with Crippen LogP contribution in [0.4, 0.5) is 5.69 Å². The van der Waals surface area contributed by atoms with Gasteiger partial charge in [0.05, 0.1) is 26.5 Å². The molecule has 0 bridgehead atoms. The van der Waals surface area contributed by atoms with Gasteiger partial charge in [0.15, 0.2) is 5.82 Å². The molecule has 0 saturated carbocycles. The molecule has 8 heteroatoms. The molecule has 0 spiro atoms. The first kappa shape index (κ1) is 17.4. The van der Waals surface area contributed by atoms with Crippen LogP contribution in [-0.4, -0.2) is 40.6 Å². The number of rotatable bonds is 6. The molecule has 1 aliphatic heterocycles. The Hall–Kier alpha value is -3.00. The number of hydrogen-bond donors (Lipinski definition) is 1. The molecule has 2 aromatic carbocycles. The van der Waals surface area contributed by atoms with E-state index in [-0.39, 0.29) is 0 Å². The van der Waals surface area contributed by atoms with Gasteiger partial charge in [-0.15, -0.1) is 10.2 Å². The Morgan fingerprint density at radius 3 is 2.63 bits per heavy atom. The predicted octanol–water partition coefficient (Wildman–Crippen LogP) is 3.27. The monoisotopic (exact) mass is 381 g/mol. The molecule has 0 radical (unpaired) electrons. The minimum Gasteiger partial charge on any atom is -0.497 e. The summed E-state index contributed by atoms with van der Waals surface area (Å²) in [5, 5.41) is 17.4. The number of thioether (sulfide) groups is 1. The Morgan fingerprint density at radius 2 is 1.81 bits per heavy atom. The van der Waals surface area contributed by atoms with E-state index in [0.29, 0.717) is 6.54 Å². The number of benzene rings is 2. The van der Waals surface area contributed by atoms with Crippen LogP contribution in [0.3, 0.4) is 0 Å². The largest absolute Gasteiger partial charge is 0.497 e. The van der Waals surface area contributed by atoms with E-state index in [4.69, 9.17) is 14.6 Å². The van der Waals surface area contributed by atoms with E-state index in [2.05, 4.69) is 15.5 Å². The molecule has 27 heavy (non-hydrogen) atoms. The van der Waals surface area contributed by atoms with Crippen LogP contribution in [0.5, 0.6) is 11.5 Å². The summed E-state index contributed by atoms with van der Waals surface area (Å²) in [6, 6.07) is 15.7. The number of hydrogen-bond acceptors (Lipinski definition) is 7. The zero-order valence-electron chi connectivity index (χ0n) is 15.0. The molecule has 1 aliphatic rings. The SMILES string of the molecule is COc1cccc(NCc2nnc3n2N=C(c2cccc(OC)c2)CS3)c1. The van der Waals surface area contributed by atoms with Gasteiger partial charge in [0.2, 0.25) is 5.16 Å². The number of anilines is 1. The van der Waals surface area contributed by atoms with Crippen molar-refractivity contribution < 1.29 is 9.47 Å². The first-order chi connectivity index (χ1) is 13.3. The van der Waals surface area contributed by atoms with Gasteiger partial charge in [-0.2, -0.15) is 9.78 Å². The highest BCUT2D eigenvalue weighted by Gasteiger charge is 2.20. The molecular weight excluding hydrogens is 362 g/mol. The third-order valence-electron chi connectivity index (χ3n) is 4.16. The van der Waals surface area contributed by atoms with Crippen molar-refractivity contribution in [1.82, 2.24) is 14.9 Å². The number of methoxy groups -OCH3 is 2. The molecule has 1 aromatic heterocycles. The number of fused-ring (bicyclic) bond motifs is 1. The summed E-state index contributed by atoms with van der Waals surface area (Å²) >= 11 is 1.62. The first-order valence-electron chi connectivity index (χ1n) is 8.44. The highest BCUT2D eigenvalue weighted by Crippen LogP contribution is 2.26. The highest BCUT2D eigenvalue weighted by molar-refractivity contribution is 7.99. The van der Waals surface area contributed by atoms with Gasteiger partial charge in [-0.1, -0.05) is 30.0 Å². The molecule has 2 heterocycles. The zero-order chi connectivity index (χ0) is 18.6. The van der Waals surface area contributed by atoms with Crippen LogP contribution < -0.4 is 14.8 Å². The molecule has 0 amide bonds. The summed E-state index contributed by atoms with van der Waals surface area (Å²) in [6.45, 7) is 0.510. The normalized spacial score (nSPS) is 12.9. The highest BCUT2D eigenvalue weighted by atomic mass is 32.2. The molecule has 138 valence electrons. The maximum atomic E-state index is 5.32. The summed E-state index contributed by atoms with van der Waals surface area (Å²) in [7, 11) is 3.32.